The van der Waals surface area contributed by atoms with E-state index in [1.807, 2.05) is 37.3 Å². The summed E-state index contributed by atoms with van der Waals surface area (Å²) in [5, 5.41) is 12.8. The maximum atomic E-state index is 13.4. The minimum Gasteiger partial charge on any atom is -0.478 e. The van der Waals surface area contributed by atoms with Crippen molar-refractivity contribution >= 4 is 34.6 Å². The van der Waals surface area contributed by atoms with Gasteiger partial charge in [0, 0.05) is 24.0 Å². The van der Waals surface area contributed by atoms with Crippen LogP contribution in [0.15, 0.2) is 53.5 Å². The molecule has 2 aromatic rings. The monoisotopic (exact) mass is 434 g/mol. The van der Waals surface area contributed by atoms with Crippen molar-refractivity contribution in [3.63, 3.8) is 0 Å². The summed E-state index contributed by atoms with van der Waals surface area (Å²) < 4.78 is 0. The van der Waals surface area contributed by atoms with Crippen LogP contribution < -0.4 is 5.32 Å². The van der Waals surface area contributed by atoms with Crippen LogP contribution in [0, 0.1) is 5.41 Å². The fourth-order valence-corrected chi connectivity index (χ4v) is 6.06. The van der Waals surface area contributed by atoms with Gasteiger partial charge >= 0.3 is 5.97 Å². The Morgan fingerprint density at radius 3 is 2.71 bits per heavy atom. The number of thioether (sulfide) groups is 1. The summed E-state index contributed by atoms with van der Waals surface area (Å²) in [6.07, 6.45) is 0.914. The molecule has 0 saturated heterocycles. The summed E-state index contributed by atoms with van der Waals surface area (Å²) in [5.41, 5.74) is 2.56. The number of aliphatic imine (C=N–C) groups is 1. The lowest BCUT2D eigenvalue weighted by atomic mass is 9.54. The van der Waals surface area contributed by atoms with E-state index < -0.39 is 11.4 Å². The van der Waals surface area contributed by atoms with Gasteiger partial charge in [-0.1, -0.05) is 55.1 Å². The molecule has 158 valence electrons. The molecule has 2 bridgehead atoms. The minimum absolute atomic E-state index is 0.101. The molecule has 6 rings (SSSR count). The van der Waals surface area contributed by atoms with Crippen molar-refractivity contribution in [3.05, 3.63) is 70.8 Å². The van der Waals surface area contributed by atoms with Gasteiger partial charge in [-0.2, -0.15) is 0 Å². The van der Waals surface area contributed by atoms with Crippen molar-refractivity contribution in [2.75, 3.05) is 5.75 Å². The zero-order valence-electron chi connectivity index (χ0n) is 17.0. The van der Waals surface area contributed by atoms with Crippen LogP contribution in [0.2, 0.25) is 0 Å². The van der Waals surface area contributed by atoms with Crippen molar-refractivity contribution in [2.24, 2.45) is 10.4 Å². The number of Topliss-reactive ketones (excluding diaryl/α,β-unsaturated/α-hetero) is 1. The highest BCUT2D eigenvalue weighted by molar-refractivity contribution is 8.14. The summed E-state index contributed by atoms with van der Waals surface area (Å²) in [7, 11) is 0. The third-order valence-electron chi connectivity index (χ3n) is 6.85. The maximum absolute atomic E-state index is 13.4. The normalized spacial score (nSPS) is 28.7. The molecule has 0 aromatic heterocycles. The Morgan fingerprint density at radius 2 is 1.94 bits per heavy atom. The molecule has 0 spiro atoms. The molecule has 4 aliphatic rings. The highest BCUT2D eigenvalue weighted by Gasteiger charge is 2.54. The van der Waals surface area contributed by atoms with E-state index in [1.54, 1.807) is 18.2 Å². The molecular formula is C24H22N2O4S. The summed E-state index contributed by atoms with van der Waals surface area (Å²) in [6, 6.07) is 14.5. The Labute approximate surface area is 184 Å². The molecule has 1 aliphatic heterocycles. The Bertz CT molecular complexity index is 1140. The van der Waals surface area contributed by atoms with Crippen LogP contribution in [0.25, 0.3) is 0 Å². The number of rotatable bonds is 3. The van der Waals surface area contributed by atoms with Gasteiger partial charge in [0.25, 0.3) is 0 Å². The molecule has 2 N–H and O–H groups in total. The Kier molecular flexibility index (Phi) is 4.73. The van der Waals surface area contributed by atoms with E-state index in [0.717, 1.165) is 16.7 Å². The number of hydrogen-bond acceptors (Lipinski definition) is 5. The molecule has 3 aliphatic carbocycles. The number of carbonyl (C=O) groups is 3. The summed E-state index contributed by atoms with van der Waals surface area (Å²) >= 11 is 1.46. The smallest absolute Gasteiger partial charge is 0.335 e. The van der Waals surface area contributed by atoms with E-state index in [1.165, 1.54) is 11.8 Å². The van der Waals surface area contributed by atoms with Gasteiger partial charge in [0.2, 0.25) is 5.91 Å². The molecule has 0 radical (unpaired) electrons. The Hall–Kier alpha value is -2.93. The number of carboxylic acids is 1. The first-order valence-corrected chi connectivity index (χ1v) is 11.3. The van der Waals surface area contributed by atoms with E-state index in [-0.39, 0.29) is 35.1 Å². The van der Waals surface area contributed by atoms with Crippen LogP contribution >= 0.6 is 11.8 Å². The molecule has 1 heterocycles. The number of amides is 1. The predicted molar refractivity (Wildman–Crippen MR) is 118 cm³/mol. The second-order valence-electron chi connectivity index (χ2n) is 8.67. The predicted octanol–water partition coefficient (Wildman–Crippen LogP) is 3.90. The van der Waals surface area contributed by atoms with E-state index in [9.17, 15) is 19.5 Å². The molecule has 31 heavy (non-hydrogen) atoms. The Morgan fingerprint density at radius 1 is 1.16 bits per heavy atom. The standard InChI is InChI=1S/C24H22N2O4S/c1-24(11-17-15-7-2-3-8-16(15)18(24)10-20(17)27)22(30)26-23-25-19(12-31-23)13-5-4-6-14(9-13)21(28)29/h2-9,17-19H,10-12H2,1H3,(H,28,29)(H,25,26,30). The van der Waals surface area contributed by atoms with Crippen LogP contribution in [0.5, 0.6) is 0 Å². The topological polar surface area (TPSA) is 95.8 Å². The summed E-state index contributed by atoms with van der Waals surface area (Å²) in [4.78, 5) is 41.8. The zero-order valence-corrected chi connectivity index (χ0v) is 17.8. The molecule has 4 atom stereocenters. The van der Waals surface area contributed by atoms with Crippen LogP contribution in [0.3, 0.4) is 0 Å². The third-order valence-corrected chi connectivity index (χ3v) is 7.81. The zero-order chi connectivity index (χ0) is 21.8. The average Bonchev–Trinajstić information content (AvgIpc) is 3.23. The van der Waals surface area contributed by atoms with Gasteiger partial charge in [-0.05, 0) is 35.2 Å². The lowest BCUT2D eigenvalue weighted by Crippen LogP contribution is -2.51. The van der Waals surface area contributed by atoms with Crippen molar-refractivity contribution < 1.29 is 19.5 Å². The number of benzene rings is 2. The highest BCUT2D eigenvalue weighted by Crippen LogP contribution is 2.57. The maximum Gasteiger partial charge on any atom is 0.335 e. The highest BCUT2D eigenvalue weighted by atomic mass is 32.2. The van der Waals surface area contributed by atoms with Gasteiger partial charge in [0.05, 0.1) is 17.0 Å². The van der Waals surface area contributed by atoms with Gasteiger partial charge in [0.15, 0.2) is 5.17 Å². The van der Waals surface area contributed by atoms with E-state index >= 15 is 0 Å². The lowest BCUT2D eigenvalue weighted by Gasteiger charge is -2.48. The average molecular weight is 435 g/mol. The first-order valence-electron chi connectivity index (χ1n) is 10.3. The quantitative estimate of drug-likeness (QED) is 0.764. The molecule has 4 unspecified atom stereocenters. The molecule has 1 fully saturated rings. The van der Waals surface area contributed by atoms with Crippen molar-refractivity contribution in [2.45, 2.75) is 37.6 Å². The van der Waals surface area contributed by atoms with Gasteiger partial charge < -0.3 is 10.4 Å². The van der Waals surface area contributed by atoms with Crippen LogP contribution in [0.4, 0.5) is 0 Å². The molecule has 6 nitrogen and oxygen atoms in total. The number of carbonyl (C=O) groups excluding carboxylic acids is 2. The molecular weight excluding hydrogens is 412 g/mol. The number of nitrogens with zero attached hydrogens (tertiary/aromatic N) is 1. The van der Waals surface area contributed by atoms with E-state index in [0.29, 0.717) is 23.8 Å². The second-order valence-corrected chi connectivity index (χ2v) is 9.68. The van der Waals surface area contributed by atoms with Crippen molar-refractivity contribution in [3.8, 4) is 0 Å². The fraction of sp³-hybridized carbons (Fsp3) is 0.333. The van der Waals surface area contributed by atoms with Crippen LogP contribution in [-0.2, 0) is 9.59 Å². The molecule has 1 saturated carbocycles. The number of fused-ring (bicyclic) bond motifs is 2. The van der Waals surface area contributed by atoms with Gasteiger partial charge in [0.1, 0.15) is 5.78 Å². The van der Waals surface area contributed by atoms with Crippen LogP contribution in [0.1, 0.15) is 64.7 Å². The van der Waals surface area contributed by atoms with Gasteiger partial charge in [-0.3, -0.25) is 14.6 Å². The number of amidine groups is 1. The fourth-order valence-electron chi connectivity index (χ4n) is 5.11. The summed E-state index contributed by atoms with van der Waals surface area (Å²) in [6.45, 7) is 1.95. The van der Waals surface area contributed by atoms with E-state index in [4.69, 9.17) is 0 Å². The van der Waals surface area contributed by atoms with Gasteiger partial charge in [-0.25, -0.2) is 4.79 Å². The minimum atomic E-state index is -0.972. The van der Waals surface area contributed by atoms with Crippen molar-refractivity contribution in [1.29, 1.82) is 0 Å². The van der Waals surface area contributed by atoms with Crippen LogP contribution in [-0.4, -0.2) is 33.7 Å². The number of nitrogens with one attached hydrogen (secondary N) is 1. The largest absolute Gasteiger partial charge is 0.478 e. The number of hydrogen-bond donors (Lipinski definition) is 2. The third kappa shape index (κ3) is 3.28. The Balaban J connectivity index is 1.36. The van der Waals surface area contributed by atoms with Crippen molar-refractivity contribution in [1.82, 2.24) is 5.32 Å². The first-order chi connectivity index (χ1) is 14.9. The summed E-state index contributed by atoms with van der Waals surface area (Å²) in [5.74, 6) is -0.559. The van der Waals surface area contributed by atoms with Gasteiger partial charge in [-0.15, -0.1) is 0 Å². The van der Waals surface area contributed by atoms with E-state index in [2.05, 4.69) is 10.3 Å². The molecule has 7 heteroatoms. The lowest BCUT2D eigenvalue weighted by molar-refractivity contribution is -0.137. The molecule has 1 amide bonds. The number of carboxylic acid groups (broad SMARTS) is 1. The second kappa shape index (κ2) is 7.34. The SMILES string of the molecule is CC1(C(=O)NC2=NC(c3cccc(C(=O)O)c3)CS2)CC2C(=O)CC1c1ccccc12. The molecule has 2 aromatic carbocycles. The number of aromatic carboxylic acids is 1. The number of ketones is 1. The first kappa shape index (κ1) is 20.0.